The van der Waals surface area contributed by atoms with E-state index in [0.29, 0.717) is 31.1 Å². The third-order valence-corrected chi connectivity index (χ3v) is 5.37. The summed E-state index contributed by atoms with van der Waals surface area (Å²) in [6.07, 6.45) is 5.72. The summed E-state index contributed by atoms with van der Waals surface area (Å²) in [5.41, 5.74) is 3.79. The number of allylic oxidation sites excluding steroid dienone is 2. The van der Waals surface area contributed by atoms with E-state index in [-0.39, 0.29) is 0 Å². The molecule has 0 amide bonds. The molecule has 0 fully saturated rings. The van der Waals surface area contributed by atoms with Crippen LogP contribution < -0.4 is 10.1 Å². The first kappa shape index (κ1) is 16.5. The fourth-order valence-electron chi connectivity index (χ4n) is 3.91. The van der Waals surface area contributed by atoms with E-state index in [0.717, 1.165) is 17.2 Å². The van der Waals surface area contributed by atoms with E-state index in [1.807, 2.05) is 18.2 Å². The molecule has 0 aromatic heterocycles. The van der Waals surface area contributed by atoms with Gasteiger partial charge >= 0.3 is 0 Å². The summed E-state index contributed by atoms with van der Waals surface area (Å²) in [5.74, 6) is 1.84. The number of rotatable bonds is 5. The van der Waals surface area contributed by atoms with Gasteiger partial charge in [0.05, 0.1) is 12.6 Å². The summed E-state index contributed by atoms with van der Waals surface area (Å²) in [4.78, 5) is 0. The highest BCUT2D eigenvalue weighted by atomic mass is 35.5. The predicted octanol–water partition coefficient (Wildman–Crippen LogP) is 5.19. The number of nitrogens with one attached hydrogen (secondary N) is 1. The lowest BCUT2D eigenvalue weighted by Gasteiger charge is -2.37. The number of fused-ring (bicyclic) bond motifs is 3. The zero-order chi connectivity index (χ0) is 17.2. The SMILES string of the molecule is COCCOc1ccc2c(c1)C1C=CCC1C(c1ccc(Cl)cc1)N2. The normalized spacial score (nSPS) is 23.7. The molecule has 2 aliphatic rings. The minimum Gasteiger partial charge on any atom is -0.491 e. The van der Waals surface area contributed by atoms with Crippen LogP contribution in [0.5, 0.6) is 5.75 Å². The Bertz CT molecular complexity index is 772. The van der Waals surface area contributed by atoms with Crippen molar-refractivity contribution in [2.75, 3.05) is 25.6 Å². The van der Waals surface area contributed by atoms with Crippen molar-refractivity contribution in [2.45, 2.75) is 18.4 Å². The lowest BCUT2D eigenvalue weighted by atomic mass is 9.77. The lowest BCUT2D eigenvalue weighted by Crippen LogP contribution is -2.29. The Hall–Kier alpha value is -1.97. The molecule has 0 saturated carbocycles. The maximum absolute atomic E-state index is 6.06. The first-order valence-electron chi connectivity index (χ1n) is 8.70. The molecule has 2 aromatic rings. The Morgan fingerprint density at radius 2 is 1.96 bits per heavy atom. The van der Waals surface area contributed by atoms with Gasteiger partial charge in [-0.25, -0.2) is 0 Å². The largest absolute Gasteiger partial charge is 0.491 e. The third-order valence-electron chi connectivity index (χ3n) is 5.12. The monoisotopic (exact) mass is 355 g/mol. The molecule has 130 valence electrons. The van der Waals surface area contributed by atoms with Crippen LogP contribution in [0.15, 0.2) is 54.6 Å². The van der Waals surface area contributed by atoms with Gasteiger partial charge in [0.2, 0.25) is 0 Å². The Kier molecular flexibility index (Phi) is 4.69. The van der Waals surface area contributed by atoms with Crippen LogP contribution in [0.2, 0.25) is 5.02 Å². The fourth-order valence-corrected chi connectivity index (χ4v) is 4.03. The number of hydrogen-bond acceptors (Lipinski definition) is 3. The summed E-state index contributed by atoms with van der Waals surface area (Å²) in [6, 6.07) is 14.8. The number of hydrogen-bond donors (Lipinski definition) is 1. The highest BCUT2D eigenvalue weighted by Gasteiger charge is 2.37. The van der Waals surface area contributed by atoms with Gasteiger partial charge in [-0.3, -0.25) is 0 Å². The molecule has 0 bridgehead atoms. The van der Waals surface area contributed by atoms with E-state index in [4.69, 9.17) is 21.1 Å². The molecule has 4 heteroatoms. The van der Waals surface area contributed by atoms with Crippen molar-refractivity contribution in [1.29, 1.82) is 0 Å². The maximum Gasteiger partial charge on any atom is 0.119 e. The van der Waals surface area contributed by atoms with Crippen LogP contribution in [0.4, 0.5) is 5.69 Å². The second-order valence-electron chi connectivity index (χ2n) is 6.62. The molecule has 1 heterocycles. The van der Waals surface area contributed by atoms with Gasteiger partial charge in [-0.05, 0) is 53.8 Å². The van der Waals surface area contributed by atoms with Crippen LogP contribution in [0, 0.1) is 5.92 Å². The summed E-state index contributed by atoms with van der Waals surface area (Å²) in [5, 5.41) is 4.51. The molecule has 1 aliphatic carbocycles. The number of benzene rings is 2. The molecule has 3 nitrogen and oxygen atoms in total. The summed E-state index contributed by atoms with van der Waals surface area (Å²) in [7, 11) is 1.69. The number of methoxy groups -OCH3 is 1. The summed E-state index contributed by atoms with van der Waals surface area (Å²) >= 11 is 6.06. The van der Waals surface area contributed by atoms with Crippen molar-refractivity contribution in [3.8, 4) is 5.75 Å². The lowest BCUT2D eigenvalue weighted by molar-refractivity contribution is 0.146. The summed E-state index contributed by atoms with van der Waals surface area (Å²) in [6.45, 7) is 1.17. The molecule has 4 rings (SSSR count). The van der Waals surface area contributed by atoms with Crippen molar-refractivity contribution in [3.05, 3.63) is 70.8 Å². The second-order valence-corrected chi connectivity index (χ2v) is 7.05. The van der Waals surface area contributed by atoms with E-state index < -0.39 is 0 Å². The topological polar surface area (TPSA) is 30.5 Å². The molecular weight excluding hydrogens is 334 g/mol. The molecule has 0 saturated heterocycles. The number of anilines is 1. The van der Waals surface area contributed by atoms with Gasteiger partial charge in [-0.2, -0.15) is 0 Å². The average Bonchev–Trinajstić information content (AvgIpc) is 3.12. The molecule has 3 unspecified atom stereocenters. The van der Waals surface area contributed by atoms with Crippen molar-refractivity contribution in [3.63, 3.8) is 0 Å². The van der Waals surface area contributed by atoms with Gasteiger partial charge < -0.3 is 14.8 Å². The minimum absolute atomic E-state index is 0.296. The van der Waals surface area contributed by atoms with E-state index >= 15 is 0 Å². The smallest absolute Gasteiger partial charge is 0.119 e. The zero-order valence-electron chi connectivity index (χ0n) is 14.2. The van der Waals surface area contributed by atoms with Crippen LogP contribution in [0.3, 0.4) is 0 Å². The first-order valence-corrected chi connectivity index (χ1v) is 9.08. The molecule has 25 heavy (non-hydrogen) atoms. The summed E-state index contributed by atoms with van der Waals surface area (Å²) < 4.78 is 10.9. The van der Waals surface area contributed by atoms with Crippen LogP contribution in [-0.2, 0) is 4.74 Å². The van der Waals surface area contributed by atoms with E-state index in [9.17, 15) is 0 Å². The van der Waals surface area contributed by atoms with Gasteiger partial charge in [-0.1, -0.05) is 35.9 Å². The van der Waals surface area contributed by atoms with Gasteiger partial charge in [0.15, 0.2) is 0 Å². The van der Waals surface area contributed by atoms with Gasteiger partial charge in [0.25, 0.3) is 0 Å². The van der Waals surface area contributed by atoms with Crippen molar-refractivity contribution < 1.29 is 9.47 Å². The highest BCUT2D eigenvalue weighted by molar-refractivity contribution is 6.30. The van der Waals surface area contributed by atoms with E-state index in [1.54, 1.807) is 7.11 Å². The van der Waals surface area contributed by atoms with Crippen LogP contribution in [-0.4, -0.2) is 20.3 Å². The molecule has 0 spiro atoms. The minimum atomic E-state index is 0.296. The molecule has 3 atom stereocenters. The Morgan fingerprint density at radius 1 is 1.12 bits per heavy atom. The van der Waals surface area contributed by atoms with Crippen LogP contribution in [0.1, 0.15) is 29.5 Å². The number of ether oxygens (including phenoxy) is 2. The maximum atomic E-state index is 6.06. The Balaban J connectivity index is 1.63. The van der Waals surface area contributed by atoms with Gasteiger partial charge in [0, 0.05) is 23.7 Å². The molecule has 0 radical (unpaired) electrons. The van der Waals surface area contributed by atoms with Crippen molar-refractivity contribution >= 4 is 17.3 Å². The van der Waals surface area contributed by atoms with E-state index in [2.05, 4.69) is 41.7 Å². The van der Waals surface area contributed by atoms with Crippen molar-refractivity contribution in [2.24, 2.45) is 5.92 Å². The zero-order valence-corrected chi connectivity index (χ0v) is 15.0. The van der Waals surface area contributed by atoms with Gasteiger partial charge in [0.1, 0.15) is 12.4 Å². The third kappa shape index (κ3) is 3.26. The standard InChI is InChI=1S/C21H22ClNO2/c1-24-11-12-25-16-9-10-20-19(13-16)17-3-2-4-18(17)21(23-20)14-5-7-15(22)8-6-14/h2-3,5-10,13,17-18,21,23H,4,11-12H2,1H3. The molecule has 1 aliphatic heterocycles. The Labute approximate surface area is 153 Å². The predicted molar refractivity (Wildman–Crippen MR) is 102 cm³/mol. The first-order chi connectivity index (χ1) is 12.3. The second kappa shape index (κ2) is 7.11. The van der Waals surface area contributed by atoms with Crippen molar-refractivity contribution in [1.82, 2.24) is 0 Å². The van der Waals surface area contributed by atoms with Crippen LogP contribution in [0.25, 0.3) is 0 Å². The molecule has 1 N–H and O–H groups in total. The molecular formula is C21H22ClNO2. The Morgan fingerprint density at radius 3 is 2.76 bits per heavy atom. The quantitative estimate of drug-likeness (QED) is 0.591. The average molecular weight is 356 g/mol. The number of halogens is 1. The van der Waals surface area contributed by atoms with E-state index in [1.165, 1.54) is 16.8 Å². The van der Waals surface area contributed by atoms with Gasteiger partial charge in [-0.15, -0.1) is 0 Å². The van der Waals surface area contributed by atoms with Crippen LogP contribution >= 0.6 is 11.6 Å². The highest BCUT2D eigenvalue weighted by Crippen LogP contribution is 2.50. The fraction of sp³-hybridized carbons (Fsp3) is 0.333. The molecule has 2 aromatic carbocycles.